The Labute approximate surface area is 143 Å². The van der Waals surface area contributed by atoms with E-state index in [1.165, 1.54) is 19.3 Å². The van der Waals surface area contributed by atoms with Gasteiger partial charge >= 0.3 is 0 Å². The van der Waals surface area contributed by atoms with E-state index < -0.39 is 0 Å². The van der Waals surface area contributed by atoms with Gasteiger partial charge in [0.25, 0.3) is 0 Å². The number of Topliss-reactive ketones (excluding diaryl/α,β-unsaturated/α-hetero) is 1. The lowest BCUT2D eigenvalue weighted by Crippen LogP contribution is -2.56. The van der Waals surface area contributed by atoms with Crippen molar-refractivity contribution in [3.05, 3.63) is 11.1 Å². The smallest absolute Gasteiger partial charge is 0.139 e. The van der Waals surface area contributed by atoms with Gasteiger partial charge in [0.1, 0.15) is 5.78 Å². The van der Waals surface area contributed by atoms with E-state index in [4.69, 9.17) is 4.74 Å². The number of alkyl halides is 1. The number of carbonyl (C=O) groups excluding carboxylic acids is 1. The molecule has 0 amide bonds. The molecule has 0 saturated heterocycles. The maximum atomic E-state index is 12.6. The number of hydrogen-bond acceptors (Lipinski definition) is 2. The fraction of sp³-hybridized carbons (Fsp3) is 0.842. The minimum Gasteiger partial charge on any atom is -0.380 e. The number of hydrogen-bond donors (Lipinski definition) is 0. The van der Waals surface area contributed by atoms with Crippen molar-refractivity contribution in [1.29, 1.82) is 0 Å². The monoisotopic (exact) mass is 368 g/mol. The zero-order valence-electron chi connectivity index (χ0n) is 14.4. The largest absolute Gasteiger partial charge is 0.380 e. The zero-order valence-corrected chi connectivity index (χ0v) is 16.0. The first-order valence-electron chi connectivity index (χ1n) is 8.75. The van der Waals surface area contributed by atoms with Crippen LogP contribution < -0.4 is 0 Å². The Morgan fingerprint density at radius 2 is 1.95 bits per heavy atom. The van der Waals surface area contributed by atoms with Crippen LogP contribution >= 0.6 is 15.9 Å². The third kappa shape index (κ3) is 2.18. The topological polar surface area (TPSA) is 26.3 Å². The predicted octanol–water partition coefficient (Wildman–Crippen LogP) is 4.91. The van der Waals surface area contributed by atoms with Crippen molar-refractivity contribution in [3.8, 4) is 0 Å². The molecule has 2 nitrogen and oxygen atoms in total. The molecule has 3 aliphatic carbocycles. The van der Waals surface area contributed by atoms with Crippen molar-refractivity contribution < 1.29 is 9.53 Å². The molecule has 0 unspecified atom stereocenters. The number of ketones is 1. The van der Waals surface area contributed by atoms with Crippen LogP contribution in [0.25, 0.3) is 0 Å². The van der Waals surface area contributed by atoms with Gasteiger partial charge in [0.15, 0.2) is 0 Å². The highest BCUT2D eigenvalue weighted by atomic mass is 79.9. The number of methoxy groups -OCH3 is 1. The van der Waals surface area contributed by atoms with Crippen molar-refractivity contribution in [1.82, 2.24) is 0 Å². The van der Waals surface area contributed by atoms with Crippen LogP contribution in [0.3, 0.4) is 0 Å². The quantitative estimate of drug-likeness (QED) is 0.520. The molecule has 0 heterocycles. The minimum absolute atomic E-state index is 0.116. The van der Waals surface area contributed by atoms with Gasteiger partial charge in [-0.25, -0.2) is 0 Å². The Morgan fingerprint density at radius 3 is 2.41 bits per heavy atom. The molecule has 124 valence electrons. The number of halogens is 1. The second-order valence-corrected chi connectivity index (χ2v) is 8.79. The SMILES string of the molecule is CO[C@H](CBr)[C@@H]1C2=C(C(C)C)CC[C@]2(C)CC[C@]12CCC2=O. The Morgan fingerprint density at radius 1 is 1.23 bits per heavy atom. The number of fused-ring (bicyclic) bond motifs is 1. The molecule has 3 heteroatoms. The highest BCUT2D eigenvalue weighted by molar-refractivity contribution is 9.09. The third-order valence-corrected chi connectivity index (χ3v) is 7.49. The first kappa shape index (κ1) is 16.7. The molecule has 0 aliphatic heterocycles. The minimum atomic E-state index is -0.117. The zero-order chi connectivity index (χ0) is 16.1. The molecule has 0 aromatic heterocycles. The Balaban J connectivity index is 2.13. The molecule has 0 bridgehead atoms. The van der Waals surface area contributed by atoms with Gasteiger partial charge in [0, 0.05) is 30.2 Å². The normalized spacial score (nSPS) is 39.4. The van der Waals surface area contributed by atoms with Gasteiger partial charge in [-0.15, -0.1) is 0 Å². The van der Waals surface area contributed by atoms with Gasteiger partial charge in [-0.05, 0) is 43.4 Å². The van der Waals surface area contributed by atoms with Gasteiger partial charge < -0.3 is 4.74 Å². The van der Waals surface area contributed by atoms with Crippen LogP contribution in [0.4, 0.5) is 0 Å². The van der Waals surface area contributed by atoms with Gasteiger partial charge in [0.05, 0.1) is 6.10 Å². The molecule has 4 atom stereocenters. The third-order valence-electron chi connectivity index (χ3n) is 6.85. The summed E-state index contributed by atoms with van der Waals surface area (Å²) < 4.78 is 5.87. The molecule has 2 saturated carbocycles. The average molecular weight is 369 g/mol. The van der Waals surface area contributed by atoms with Gasteiger partial charge in [-0.1, -0.05) is 47.8 Å². The predicted molar refractivity (Wildman–Crippen MR) is 93.2 cm³/mol. The van der Waals surface area contributed by atoms with E-state index in [0.29, 0.717) is 17.1 Å². The van der Waals surface area contributed by atoms with E-state index in [1.54, 1.807) is 18.3 Å². The van der Waals surface area contributed by atoms with Crippen molar-refractivity contribution in [2.24, 2.45) is 22.7 Å². The Bertz CT molecular complexity index is 506. The highest BCUT2D eigenvalue weighted by Crippen LogP contribution is 2.65. The fourth-order valence-electron chi connectivity index (χ4n) is 5.40. The van der Waals surface area contributed by atoms with Gasteiger partial charge in [-0.3, -0.25) is 4.79 Å². The van der Waals surface area contributed by atoms with Crippen molar-refractivity contribution in [3.63, 3.8) is 0 Å². The molecule has 0 N–H and O–H groups in total. The van der Waals surface area contributed by atoms with Crippen LogP contribution in [0.5, 0.6) is 0 Å². The van der Waals surface area contributed by atoms with Crippen LogP contribution in [0.15, 0.2) is 11.1 Å². The van der Waals surface area contributed by atoms with Crippen LogP contribution in [-0.2, 0) is 9.53 Å². The van der Waals surface area contributed by atoms with Gasteiger partial charge in [-0.2, -0.15) is 0 Å². The summed E-state index contributed by atoms with van der Waals surface area (Å²) in [5, 5.41) is 0.814. The van der Waals surface area contributed by atoms with E-state index >= 15 is 0 Å². The number of rotatable bonds is 4. The summed E-state index contributed by atoms with van der Waals surface area (Å²) in [6.07, 6.45) is 6.67. The molecular weight excluding hydrogens is 340 g/mol. The molecule has 22 heavy (non-hydrogen) atoms. The molecule has 2 fully saturated rings. The Hall–Kier alpha value is -0.150. The molecule has 1 spiro atoms. The van der Waals surface area contributed by atoms with Gasteiger partial charge in [0.2, 0.25) is 0 Å². The molecular formula is C19H29BrO2. The highest BCUT2D eigenvalue weighted by Gasteiger charge is 2.61. The summed E-state index contributed by atoms with van der Waals surface area (Å²) in [6.45, 7) is 7.05. The summed E-state index contributed by atoms with van der Waals surface area (Å²) in [5.41, 5.74) is 3.40. The summed E-state index contributed by atoms with van der Waals surface area (Å²) in [4.78, 5) is 12.6. The summed E-state index contributed by atoms with van der Waals surface area (Å²) in [5.74, 6) is 1.36. The average Bonchev–Trinajstić information content (AvgIpc) is 2.84. The van der Waals surface area contributed by atoms with Crippen LogP contribution in [0.2, 0.25) is 0 Å². The molecule has 3 rings (SSSR count). The summed E-state index contributed by atoms with van der Waals surface area (Å²) >= 11 is 3.65. The molecule has 0 radical (unpaired) electrons. The molecule has 0 aromatic carbocycles. The first-order valence-corrected chi connectivity index (χ1v) is 9.87. The standard InChI is InChI=1S/C19H29BrO2/c1-12(2)13-5-7-18(3)9-10-19(8-6-15(19)21)17(16(13)18)14(11-20)22-4/h12,14,17H,5-11H2,1-4H3/t14-,17-,18-,19+/m1/s1. The van der Waals surface area contributed by atoms with E-state index in [2.05, 4.69) is 36.7 Å². The van der Waals surface area contributed by atoms with E-state index in [-0.39, 0.29) is 17.4 Å². The van der Waals surface area contributed by atoms with Crippen LogP contribution in [0, 0.1) is 22.7 Å². The maximum absolute atomic E-state index is 12.6. The van der Waals surface area contributed by atoms with Crippen molar-refractivity contribution in [2.75, 3.05) is 12.4 Å². The number of ether oxygens (including phenoxy) is 1. The second-order valence-electron chi connectivity index (χ2n) is 8.14. The lowest BCUT2D eigenvalue weighted by molar-refractivity contribution is -0.151. The number of carbonyl (C=O) groups is 1. The van der Waals surface area contributed by atoms with Crippen LogP contribution in [-0.4, -0.2) is 24.3 Å². The van der Waals surface area contributed by atoms with E-state index in [1.807, 2.05) is 0 Å². The lowest BCUT2D eigenvalue weighted by atomic mass is 9.47. The van der Waals surface area contributed by atoms with Crippen molar-refractivity contribution in [2.45, 2.75) is 65.4 Å². The lowest BCUT2D eigenvalue weighted by Gasteiger charge is -2.56. The number of allylic oxidation sites excluding steroid dienone is 1. The van der Waals surface area contributed by atoms with E-state index in [0.717, 1.165) is 24.6 Å². The van der Waals surface area contributed by atoms with Crippen LogP contribution in [0.1, 0.15) is 59.3 Å². The fourth-order valence-corrected chi connectivity index (χ4v) is 6.04. The maximum Gasteiger partial charge on any atom is 0.139 e. The molecule has 0 aromatic rings. The van der Waals surface area contributed by atoms with Crippen molar-refractivity contribution >= 4 is 21.7 Å². The molecule has 3 aliphatic rings. The van der Waals surface area contributed by atoms with E-state index in [9.17, 15) is 4.79 Å². The summed E-state index contributed by atoms with van der Waals surface area (Å²) in [6, 6.07) is 0. The summed E-state index contributed by atoms with van der Waals surface area (Å²) in [7, 11) is 1.80. The Kier molecular flexibility index (Phi) is 4.35. The second kappa shape index (κ2) is 5.73. The first-order chi connectivity index (χ1) is 10.4.